The van der Waals surface area contributed by atoms with E-state index in [9.17, 15) is 9.90 Å². The number of carbonyl (C=O) groups is 1. The molecule has 0 heterocycles. The number of aliphatic hydroxyl groups is 1. The fourth-order valence-corrected chi connectivity index (χ4v) is 0.807. The fraction of sp³-hybridized carbons (Fsp3) is 0.444. The van der Waals surface area contributed by atoms with Crippen molar-refractivity contribution in [3.8, 4) is 0 Å². The topological polar surface area (TPSA) is 49.3 Å². The summed E-state index contributed by atoms with van der Waals surface area (Å²) in [5.41, 5.74) is 0.319. The number of likely N-dealkylation sites (N-methyl/N-ethyl adjacent to an activating group) is 1. The Morgan fingerprint density at radius 3 is 2.33 bits per heavy atom. The molecule has 2 N–H and O–H groups in total. The number of amides is 1. The maximum atomic E-state index is 11.2. The Labute approximate surface area is 72.8 Å². The van der Waals surface area contributed by atoms with Crippen molar-refractivity contribution in [1.29, 1.82) is 0 Å². The summed E-state index contributed by atoms with van der Waals surface area (Å²) in [5.74, 6) is -0.223. The monoisotopic (exact) mass is 169 g/mol. The van der Waals surface area contributed by atoms with E-state index in [2.05, 4.69) is 5.32 Å². The minimum absolute atomic E-state index is 0.0171. The van der Waals surface area contributed by atoms with Crippen LogP contribution in [-0.2, 0) is 4.79 Å². The van der Waals surface area contributed by atoms with Crippen molar-refractivity contribution in [2.24, 2.45) is 0 Å². The van der Waals surface area contributed by atoms with Gasteiger partial charge in [0, 0.05) is 6.54 Å². The quantitative estimate of drug-likeness (QED) is 0.382. The lowest BCUT2D eigenvalue weighted by Gasteiger charge is -2.04. The van der Waals surface area contributed by atoms with E-state index in [1.807, 2.05) is 6.92 Å². The number of rotatable bonds is 3. The molecule has 0 radical (unpaired) electrons. The van der Waals surface area contributed by atoms with Crippen LogP contribution in [0.2, 0.25) is 0 Å². The van der Waals surface area contributed by atoms with Crippen molar-refractivity contribution in [2.45, 2.75) is 20.8 Å². The predicted octanol–water partition coefficient (Wildman–Crippen LogP) is 1.53. The highest BCUT2D eigenvalue weighted by Crippen LogP contribution is 2.05. The van der Waals surface area contributed by atoms with E-state index in [-0.39, 0.29) is 11.7 Å². The summed E-state index contributed by atoms with van der Waals surface area (Å²) in [7, 11) is 0. The van der Waals surface area contributed by atoms with Crippen LogP contribution in [0, 0.1) is 0 Å². The van der Waals surface area contributed by atoms with E-state index in [0.29, 0.717) is 12.1 Å². The molecule has 0 saturated heterocycles. The Bertz CT molecular complexity index is 217. The number of hydrogen-bond donors (Lipinski definition) is 2. The smallest absolute Gasteiger partial charge is 0.254 e. The summed E-state index contributed by atoms with van der Waals surface area (Å²) in [6.07, 6.45) is 3.07. The van der Waals surface area contributed by atoms with E-state index < -0.39 is 0 Å². The van der Waals surface area contributed by atoms with Crippen LogP contribution >= 0.6 is 0 Å². The molecule has 0 aliphatic heterocycles. The summed E-state index contributed by atoms with van der Waals surface area (Å²) in [5, 5.41) is 11.9. The van der Waals surface area contributed by atoms with Gasteiger partial charge in [0.15, 0.2) is 0 Å². The van der Waals surface area contributed by atoms with Crippen LogP contribution in [0.5, 0.6) is 0 Å². The molecule has 0 bridgehead atoms. The van der Waals surface area contributed by atoms with Gasteiger partial charge in [-0.15, -0.1) is 0 Å². The van der Waals surface area contributed by atoms with Gasteiger partial charge in [-0.2, -0.15) is 0 Å². The molecule has 0 atom stereocenters. The molecule has 0 aromatic carbocycles. The molecule has 1 amide bonds. The molecule has 0 fully saturated rings. The molecular weight excluding hydrogens is 154 g/mol. The first-order chi connectivity index (χ1) is 5.67. The van der Waals surface area contributed by atoms with Gasteiger partial charge in [-0.25, -0.2) is 0 Å². The molecule has 3 heteroatoms. The van der Waals surface area contributed by atoms with Crippen molar-refractivity contribution in [1.82, 2.24) is 5.32 Å². The van der Waals surface area contributed by atoms with Gasteiger partial charge < -0.3 is 10.4 Å². The second kappa shape index (κ2) is 5.41. The zero-order valence-electron chi connectivity index (χ0n) is 7.72. The highest BCUT2D eigenvalue weighted by atomic mass is 16.3. The van der Waals surface area contributed by atoms with Gasteiger partial charge in [-0.1, -0.05) is 6.08 Å². The summed E-state index contributed by atoms with van der Waals surface area (Å²) in [4.78, 5) is 11.2. The second-order valence-electron chi connectivity index (χ2n) is 2.24. The maximum Gasteiger partial charge on any atom is 0.254 e. The molecule has 0 aliphatic rings. The van der Waals surface area contributed by atoms with Crippen LogP contribution < -0.4 is 5.32 Å². The largest absolute Gasteiger partial charge is 0.507 e. The van der Waals surface area contributed by atoms with Crippen LogP contribution in [0.3, 0.4) is 0 Å². The maximum absolute atomic E-state index is 11.2. The molecule has 0 unspecified atom stereocenters. The third kappa shape index (κ3) is 2.78. The van der Waals surface area contributed by atoms with E-state index >= 15 is 0 Å². The lowest BCUT2D eigenvalue weighted by atomic mass is 10.2. The zero-order valence-corrected chi connectivity index (χ0v) is 7.72. The Kier molecular flexibility index (Phi) is 4.84. The molecule has 0 aliphatic carbocycles. The van der Waals surface area contributed by atoms with Crippen molar-refractivity contribution < 1.29 is 9.90 Å². The standard InChI is InChI=1S/C9H15NO2/c1-4-7(8(11)5-2)9(12)10-6-3/h4-5,11H,6H2,1-3H3,(H,10,12)/b7-4+,8-5+. The van der Waals surface area contributed by atoms with Crippen LogP contribution in [0.15, 0.2) is 23.5 Å². The molecule has 0 spiro atoms. The highest BCUT2D eigenvalue weighted by Gasteiger charge is 2.09. The van der Waals surface area contributed by atoms with Gasteiger partial charge in [0.25, 0.3) is 5.91 Å². The zero-order chi connectivity index (χ0) is 9.56. The van der Waals surface area contributed by atoms with Gasteiger partial charge in [-0.05, 0) is 26.8 Å². The Morgan fingerprint density at radius 2 is 2.00 bits per heavy atom. The van der Waals surface area contributed by atoms with Gasteiger partial charge in [0.05, 0.1) is 5.57 Å². The van der Waals surface area contributed by atoms with Crippen LogP contribution in [0.1, 0.15) is 20.8 Å². The number of aliphatic hydroxyl groups excluding tert-OH is 1. The molecule has 3 nitrogen and oxygen atoms in total. The molecule has 0 aromatic heterocycles. The first-order valence-electron chi connectivity index (χ1n) is 3.97. The highest BCUT2D eigenvalue weighted by molar-refractivity contribution is 5.96. The number of carbonyl (C=O) groups excluding carboxylic acids is 1. The third-order valence-corrected chi connectivity index (χ3v) is 1.42. The van der Waals surface area contributed by atoms with Crippen LogP contribution in [0.25, 0.3) is 0 Å². The average Bonchev–Trinajstić information content (AvgIpc) is 2.06. The average molecular weight is 169 g/mol. The first kappa shape index (κ1) is 10.8. The van der Waals surface area contributed by atoms with Crippen molar-refractivity contribution in [3.63, 3.8) is 0 Å². The molecule has 0 rings (SSSR count). The van der Waals surface area contributed by atoms with E-state index in [1.54, 1.807) is 19.9 Å². The number of hydrogen-bond acceptors (Lipinski definition) is 2. The van der Waals surface area contributed by atoms with Gasteiger partial charge in [-0.3, -0.25) is 4.79 Å². The van der Waals surface area contributed by atoms with E-state index in [1.165, 1.54) is 6.08 Å². The normalized spacial score (nSPS) is 12.9. The SMILES string of the molecule is C/C=C(O)\C(=C/C)C(=O)NCC. The lowest BCUT2D eigenvalue weighted by molar-refractivity contribution is -0.117. The van der Waals surface area contributed by atoms with Gasteiger partial charge >= 0.3 is 0 Å². The summed E-state index contributed by atoms with van der Waals surface area (Å²) in [6.45, 7) is 5.79. The fourth-order valence-electron chi connectivity index (χ4n) is 0.807. The van der Waals surface area contributed by atoms with Crippen LogP contribution in [-0.4, -0.2) is 17.6 Å². The predicted molar refractivity (Wildman–Crippen MR) is 48.8 cm³/mol. The molecule has 0 aromatic rings. The number of nitrogens with one attached hydrogen (secondary N) is 1. The molecule has 12 heavy (non-hydrogen) atoms. The number of allylic oxidation sites excluding steroid dienone is 2. The van der Waals surface area contributed by atoms with Gasteiger partial charge in [0.2, 0.25) is 0 Å². The first-order valence-corrected chi connectivity index (χ1v) is 3.97. The van der Waals surface area contributed by atoms with Gasteiger partial charge in [0.1, 0.15) is 5.76 Å². The Balaban J connectivity index is 4.48. The third-order valence-electron chi connectivity index (χ3n) is 1.42. The minimum Gasteiger partial charge on any atom is -0.507 e. The summed E-state index contributed by atoms with van der Waals surface area (Å²) in [6, 6.07) is 0. The lowest BCUT2D eigenvalue weighted by Crippen LogP contribution is -2.25. The molecule has 68 valence electrons. The van der Waals surface area contributed by atoms with Crippen molar-refractivity contribution in [3.05, 3.63) is 23.5 Å². The van der Waals surface area contributed by atoms with E-state index in [4.69, 9.17) is 0 Å². The van der Waals surface area contributed by atoms with Crippen LogP contribution in [0.4, 0.5) is 0 Å². The Hall–Kier alpha value is -1.25. The minimum atomic E-state index is -0.240. The Morgan fingerprint density at radius 1 is 1.42 bits per heavy atom. The molecular formula is C9H15NO2. The summed E-state index contributed by atoms with van der Waals surface area (Å²) < 4.78 is 0. The van der Waals surface area contributed by atoms with E-state index in [0.717, 1.165) is 0 Å². The molecule has 0 saturated carbocycles. The summed E-state index contributed by atoms with van der Waals surface area (Å²) >= 11 is 0. The van der Waals surface area contributed by atoms with Crippen molar-refractivity contribution >= 4 is 5.91 Å². The second-order valence-corrected chi connectivity index (χ2v) is 2.24. The van der Waals surface area contributed by atoms with Crippen molar-refractivity contribution in [2.75, 3.05) is 6.54 Å².